The van der Waals surface area contributed by atoms with Crippen LogP contribution in [0.4, 0.5) is 0 Å². The molecule has 1 aliphatic heterocycles. The van der Waals surface area contributed by atoms with Crippen molar-refractivity contribution in [2.24, 2.45) is 0 Å². The Morgan fingerprint density at radius 3 is 3.16 bits per heavy atom. The summed E-state index contributed by atoms with van der Waals surface area (Å²) >= 11 is 6.08. The number of nitrogens with one attached hydrogen (secondary N) is 1. The van der Waals surface area contributed by atoms with Crippen LogP contribution in [-0.2, 0) is 0 Å². The van der Waals surface area contributed by atoms with Gasteiger partial charge in [-0.2, -0.15) is 4.98 Å². The number of rotatable bonds is 2. The second kappa shape index (κ2) is 5.27. The van der Waals surface area contributed by atoms with Crippen LogP contribution in [0.1, 0.15) is 31.6 Å². The molecular formula is C13H15ClN4O. The lowest BCUT2D eigenvalue weighted by Crippen LogP contribution is -2.34. The first kappa shape index (κ1) is 12.6. The first-order valence-corrected chi connectivity index (χ1v) is 6.79. The summed E-state index contributed by atoms with van der Waals surface area (Å²) in [4.78, 5) is 8.64. The molecule has 6 heteroatoms. The van der Waals surface area contributed by atoms with Gasteiger partial charge in [-0.1, -0.05) is 16.8 Å². The fourth-order valence-electron chi connectivity index (χ4n) is 2.40. The number of aromatic nitrogens is 3. The van der Waals surface area contributed by atoms with E-state index < -0.39 is 0 Å². The smallest absolute Gasteiger partial charge is 0.230 e. The highest BCUT2D eigenvalue weighted by Crippen LogP contribution is 2.29. The highest BCUT2D eigenvalue weighted by molar-refractivity contribution is 6.32. The molecule has 3 rings (SSSR count). The molecule has 3 heterocycles. The van der Waals surface area contributed by atoms with Crippen molar-refractivity contribution in [3.8, 4) is 11.5 Å². The largest absolute Gasteiger partial charge is 0.339 e. The fourth-order valence-corrected chi connectivity index (χ4v) is 2.61. The third-order valence-corrected chi connectivity index (χ3v) is 3.69. The minimum atomic E-state index is 0.319. The first-order valence-electron chi connectivity index (χ1n) is 6.42. The van der Waals surface area contributed by atoms with Crippen molar-refractivity contribution in [3.63, 3.8) is 0 Å². The Bertz CT molecular complexity index is 571. The predicted octanol–water partition coefficient (Wildman–Crippen LogP) is 2.64. The molecule has 0 aliphatic carbocycles. The lowest BCUT2D eigenvalue weighted by Gasteiger charge is -2.25. The Morgan fingerprint density at radius 1 is 1.47 bits per heavy atom. The zero-order chi connectivity index (χ0) is 13.2. The molecule has 1 aliphatic rings. The molecule has 100 valence electrons. The minimum absolute atomic E-state index is 0.319. The number of hydrogen-bond acceptors (Lipinski definition) is 5. The van der Waals surface area contributed by atoms with Crippen LogP contribution in [0.5, 0.6) is 0 Å². The van der Waals surface area contributed by atoms with Gasteiger partial charge in [0.1, 0.15) is 5.69 Å². The van der Waals surface area contributed by atoms with Crippen LogP contribution in [0, 0.1) is 0 Å². The van der Waals surface area contributed by atoms with Crippen molar-refractivity contribution in [2.45, 2.75) is 31.7 Å². The summed E-state index contributed by atoms with van der Waals surface area (Å²) in [6.45, 7) is 3.15. The van der Waals surface area contributed by atoms with Gasteiger partial charge < -0.3 is 9.84 Å². The molecule has 2 unspecified atom stereocenters. The summed E-state index contributed by atoms with van der Waals surface area (Å²) in [6, 6.07) is 4.03. The zero-order valence-electron chi connectivity index (χ0n) is 10.6. The molecular weight excluding hydrogens is 264 g/mol. The maximum absolute atomic E-state index is 6.08. The van der Waals surface area contributed by atoms with Crippen molar-refractivity contribution >= 4 is 11.6 Å². The molecule has 0 aromatic carbocycles. The van der Waals surface area contributed by atoms with Crippen molar-refractivity contribution < 1.29 is 4.52 Å². The first-order chi connectivity index (χ1) is 9.24. The standard InChI is InChI=1S/C13H15ClN4O/c1-8-7-9(4-6-15-8)13-17-12(18-19-13)11-10(14)3-2-5-16-11/h2-3,5,8-9,15H,4,6-7H2,1H3. The van der Waals surface area contributed by atoms with Crippen LogP contribution in [0.15, 0.2) is 22.9 Å². The summed E-state index contributed by atoms with van der Waals surface area (Å²) in [5.74, 6) is 1.47. The second-order valence-electron chi connectivity index (χ2n) is 4.87. The van der Waals surface area contributed by atoms with Gasteiger partial charge in [0.05, 0.1) is 5.02 Å². The molecule has 19 heavy (non-hydrogen) atoms. The van der Waals surface area contributed by atoms with E-state index in [0.29, 0.717) is 34.4 Å². The van der Waals surface area contributed by atoms with Gasteiger partial charge in [-0.3, -0.25) is 4.98 Å². The van der Waals surface area contributed by atoms with Gasteiger partial charge in [0.25, 0.3) is 0 Å². The van der Waals surface area contributed by atoms with E-state index in [1.807, 2.05) is 0 Å². The molecule has 2 atom stereocenters. The van der Waals surface area contributed by atoms with Crippen LogP contribution >= 0.6 is 11.6 Å². The minimum Gasteiger partial charge on any atom is -0.339 e. The predicted molar refractivity (Wildman–Crippen MR) is 72.0 cm³/mol. The fraction of sp³-hybridized carbons (Fsp3) is 0.462. The maximum atomic E-state index is 6.08. The van der Waals surface area contributed by atoms with Crippen molar-refractivity contribution in [3.05, 3.63) is 29.2 Å². The van der Waals surface area contributed by atoms with E-state index in [0.717, 1.165) is 19.4 Å². The van der Waals surface area contributed by atoms with Crippen LogP contribution < -0.4 is 5.32 Å². The summed E-state index contributed by atoms with van der Waals surface area (Å²) in [7, 11) is 0. The average molecular weight is 279 g/mol. The molecule has 1 fully saturated rings. The maximum Gasteiger partial charge on any atom is 0.230 e. The van der Waals surface area contributed by atoms with E-state index >= 15 is 0 Å². The highest BCUT2D eigenvalue weighted by Gasteiger charge is 2.25. The molecule has 1 saturated heterocycles. The number of nitrogens with zero attached hydrogens (tertiary/aromatic N) is 3. The average Bonchev–Trinajstić information content (AvgIpc) is 2.89. The Balaban J connectivity index is 1.85. The number of hydrogen-bond donors (Lipinski definition) is 1. The molecule has 0 bridgehead atoms. The quantitative estimate of drug-likeness (QED) is 0.915. The van der Waals surface area contributed by atoms with Crippen LogP contribution in [-0.4, -0.2) is 27.7 Å². The second-order valence-corrected chi connectivity index (χ2v) is 5.27. The van der Waals surface area contributed by atoms with Crippen LogP contribution in [0.25, 0.3) is 11.5 Å². The number of halogens is 1. The van der Waals surface area contributed by atoms with E-state index in [9.17, 15) is 0 Å². The lowest BCUT2D eigenvalue weighted by molar-refractivity contribution is 0.295. The Hall–Kier alpha value is -1.46. The summed E-state index contributed by atoms with van der Waals surface area (Å²) in [6.07, 6.45) is 3.70. The van der Waals surface area contributed by atoms with Gasteiger partial charge >= 0.3 is 0 Å². The van der Waals surface area contributed by atoms with Gasteiger partial charge in [0.15, 0.2) is 0 Å². The van der Waals surface area contributed by atoms with E-state index in [1.165, 1.54) is 0 Å². The topological polar surface area (TPSA) is 63.8 Å². The van der Waals surface area contributed by atoms with Crippen molar-refractivity contribution in [1.82, 2.24) is 20.4 Å². The number of pyridine rings is 1. The van der Waals surface area contributed by atoms with Gasteiger partial charge in [0, 0.05) is 18.2 Å². The molecule has 2 aromatic rings. The Morgan fingerprint density at radius 2 is 2.37 bits per heavy atom. The summed E-state index contributed by atoms with van der Waals surface area (Å²) in [5.41, 5.74) is 0.571. The van der Waals surface area contributed by atoms with Crippen molar-refractivity contribution in [1.29, 1.82) is 0 Å². The van der Waals surface area contributed by atoms with E-state index in [-0.39, 0.29) is 0 Å². The molecule has 0 radical (unpaired) electrons. The van der Waals surface area contributed by atoms with Gasteiger partial charge in [-0.25, -0.2) is 0 Å². The van der Waals surface area contributed by atoms with E-state index in [1.54, 1.807) is 18.3 Å². The summed E-state index contributed by atoms with van der Waals surface area (Å²) < 4.78 is 5.37. The molecule has 1 N–H and O–H groups in total. The normalized spacial score (nSPS) is 23.5. The van der Waals surface area contributed by atoms with E-state index in [4.69, 9.17) is 16.1 Å². The van der Waals surface area contributed by atoms with Gasteiger partial charge in [-0.15, -0.1) is 0 Å². The Labute approximate surface area is 116 Å². The third-order valence-electron chi connectivity index (χ3n) is 3.38. The molecule has 0 spiro atoms. The van der Waals surface area contributed by atoms with Crippen molar-refractivity contribution in [2.75, 3.05) is 6.54 Å². The lowest BCUT2D eigenvalue weighted by atomic mass is 9.93. The van der Waals surface area contributed by atoms with Gasteiger partial charge in [-0.05, 0) is 38.4 Å². The highest BCUT2D eigenvalue weighted by atomic mass is 35.5. The molecule has 5 nitrogen and oxygen atoms in total. The monoisotopic (exact) mass is 278 g/mol. The molecule has 0 saturated carbocycles. The van der Waals surface area contributed by atoms with Crippen LogP contribution in [0.2, 0.25) is 5.02 Å². The molecule has 0 amide bonds. The molecule has 2 aromatic heterocycles. The third kappa shape index (κ3) is 2.62. The SMILES string of the molecule is CC1CC(c2nc(-c3ncccc3Cl)no2)CCN1. The Kier molecular flexibility index (Phi) is 3.48. The van der Waals surface area contributed by atoms with Gasteiger partial charge in [0.2, 0.25) is 11.7 Å². The summed E-state index contributed by atoms with van der Waals surface area (Å²) in [5, 5.41) is 7.94. The zero-order valence-corrected chi connectivity index (χ0v) is 11.4. The van der Waals surface area contributed by atoms with Crippen LogP contribution in [0.3, 0.4) is 0 Å². The van der Waals surface area contributed by atoms with E-state index in [2.05, 4.69) is 27.4 Å². The number of piperidine rings is 1.